The Hall–Kier alpha value is -3.67. The lowest BCUT2D eigenvalue weighted by Crippen LogP contribution is -2.13. The second-order valence-corrected chi connectivity index (χ2v) is 5.99. The van der Waals surface area contributed by atoms with E-state index in [1.165, 1.54) is 7.11 Å². The van der Waals surface area contributed by atoms with Crippen molar-refractivity contribution in [2.75, 3.05) is 13.7 Å². The van der Waals surface area contributed by atoms with Crippen LogP contribution < -0.4 is 10.5 Å². The van der Waals surface area contributed by atoms with E-state index in [0.717, 1.165) is 11.1 Å². The summed E-state index contributed by atoms with van der Waals surface area (Å²) >= 11 is 0. The normalized spacial score (nSPS) is 9.72. The third kappa shape index (κ3) is 7.10. The topological polar surface area (TPSA) is 91.5 Å². The average molecular weight is 392 g/mol. The summed E-state index contributed by atoms with van der Waals surface area (Å²) in [6.45, 7) is 2.42. The van der Waals surface area contributed by atoms with Gasteiger partial charge in [0.05, 0.1) is 25.8 Å². The first-order chi connectivity index (χ1) is 14.0. The quantitative estimate of drug-likeness (QED) is 0.647. The molecule has 6 nitrogen and oxygen atoms in total. The summed E-state index contributed by atoms with van der Waals surface area (Å²) in [4.78, 5) is 26.3. The number of carbonyl (C=O) groups is 2. The van der Waals surface area contributed by atoms with Crippen molar-refractivity contribution in [2.45, 2.75) is 13.3 Å². The summed E-state index contributed by atoms with van der Waals surface area (Å²) in [6, 6.07) is 22.5. The minimum atomic E-state index is -0.473. The first-order valence-corrected chi connectivity index (χ1v) is 9.14. The lowest BCUT2D eigenvalue weighted by atomic mass is 10.1. The molecule has 150 valence electrons. The highest BCUT2D eigenvalue weighted by atomic mass is 16.5. The molecule has 0 atom stereocenters. The van der Waals surface area contributed by atoms with E-state index >= 15 is 0 Å². The summed E-state index contributed by atoms with van der Waals surface area (Å²) < 4.78 is 10.2. The zero-order chi connectivity index (χ0) is 21.1. The fourth-order valence-corrected chi connectivity index (χ4v) is 2.52. The number of carbonyl (C=O) groups excluding carboxylic acids is 2. The van der Waals surface area contributed by atoms with Crippen LogP contribution in [-0.2, 0) is 16.0 Å². The number of esters is 1. The largest absolute Gasteiger partial charge is 0.494 e. The molecule has 0 unspecified atom stereocenters. The molecule has 0 fully saturated rings. The van der Waals surface area contributed by atoms with Gasteiger partial charge in [-0.1, -0.05) is 60.7 Å². The molecule has 0 saturated carbocycles. The van der Waals surface area contributed by atoms with E-state index in [2.05, 4.69) is 4.98 Å². The minimum absolute atomic E-state index is 0.243. The number of nitrogens with zero attached hydrogens (tertiary/aromatic N) is 1. The number of primary amides is 1. The molecule has 2 aromatic carbocycles. The first-order valence-electron chi connectivity index (χ1n) is 9.14. The van der Waals surface area contributed by atoms with Gasteiger partial charge in [0.15, 0.2) is 5.69 Å². The maximum atomic E-state index is 11.6. The molecule has 6 heteroatoms. The van der Waals surface area contributed by atoms with Crippen LogP contribution in [0.5, 0.6) is 5.75 Å². The van der Waals surface area contributed by atoms with Crippen molar-refractivity contribution < 1.29 is 19.1 Å². The number of rotatable bonds is 6. The lowest BCUT2D eigenvalue weighted by Gasteiger charge is -2.08. The molecule has 0 aliphatic heterocycles. The highest BCUT2D eigenvalue weighted by Gasteiger charge is 2.12. The fourth-order valence-electron chi connectivity index (χ4n) is 2.52. The Morgan fingerprint density at radius 3 is 2.14 bits per heavy atom. The standard InChI is InChI=1S/C15H15NO3.C8H9NO/c1-3-19-12-9-13(11-7-5-4-6-8-11)16-14(10-12)15(17)18-2;9-8(10)6-7-4-2-1-3-5-7/h4-10H,3H2,1-2H3;1-5H,6H2,(H2,9,10). The van der Waals surface area contributed by atoms with Gasteiger partial charge in [-0.15, -0.1) is 0 Å². The predicted molar refractivity (Wildman–Crippen MR) is 112 cm³/mol. The van der Waals surface area contributed by atoms with Gasteiger partial charge in [-0.25, -0.2) is 9.78 Å². The Morgan fingerprint density at radius 1 is 0.966 bits per heavy atom. The first kappa shape index (κ1) is 21.6. The number of pyridine rings is 1. The fraction of sp³-hybridized carbons (Fsp3) is 0.174. The molecule has 1 aromatic heterocycles. The van der Waals surface area contributed by atoms with Gasteiger partial charge in [0.1, 0.15) is 5.75 Å². The summed E-state index contributed by atoms with van der Waals surface area (Å²) in [5, 5.41) is 0. The minimum Gasteiger partial charge on any atom is -0.494 e. The number of hydrogen-bond acceptors (Lipinski definition) is 5. The lowest BCUT2D eigenvalue weighted by molar-refractivity contribution is -0.117. The molecule has 29 heavy (non-hydrogen) atoms. The molecular formula is C23H24N2O4. The van der Waals surface area contributed by atoms with Gasteiger partial charge < -0.3 is 15.2 Å². The Labute approximate surface area is 170 Å². The number of aromatic nitrogens is 1. The molecule has 0 saturated heterocycles. The van der Waals surface area contributed by atoms with Crippen LogP contribution in [0.2, 0.25) is 0 Å². The van der Waals surface area contributed by atoms with E-state index < -0.39 is 5.97 Å². The summed E-state index contributed by atoms with van der Waals surface area (Å²) in [5.41, 5.74) is 7.81. The number of benzene rings is 2. The van der Waals surface area contributed by atoms with Crippen LogP contribution in [0.1, 0.15) is 23.0 Å². The molecule has 0 radical (unpaired) electrons. The Morgan fingerprint density at radius 2 is 1.59 bits per heavy atom. The van der Waals surface area contributed by atoms with Crippen LogP contribution in [0.4, 0.5) is 0 Å². The van der Waals surface area contributed by atoms with Crippen molar-refractivity contribution >= 4 is 11.9 Å². The number of ether oxygens (including phenoxy) is 2. The number of hydrogen-bond donors (Lipinski definition) is 1. The molecule has 3 aromatic rings. The van der Waals surface area contributed by atoms with Crippen molar-refractivity contribution in [2.24, 2.45) is 5.73 Å². The number of nitrogens with two attached hydrogens (primary N) is 1. The molecular weight excluding hydrogens is 368 g/mol. The Kier molecular flexibility index (Phi) is 8.38. The van der Waals surface area contributed by atoms with E-state index in [9.17, 15) is 9.59 Å². The van der Waals surface area contributed by atoms with Crippen molar-refractivity contribution in [3.05, 3.63) is 84.1 Å². The van der Waals surface area contributed by atoms with E-state index in [1.54, 1.807) is 6.07 Å². The highest BCUT2D eigenvalue weighted by molar-refractivity contribution is 5.88. The second kappa shape index (κ2) is 11.2. The molecule has 2 N–H and O–H groups in total. The van der Waals surface area contributed by atoms with Crippen LogP contribution in [0, 0.1) is 0 Å². The van der Waals surface area contributed by atoms with Crippen LogP contribution >= 0.6 is 0 Å². The van der Waals surface area contributed by atoms with Gasteiger partial charge in [0, 0.05) is 17.7 Å². The molecule has 0 aliphatic rings. The van der Waals surface area contributed by atoms with Gasteiger partial charge in [-0.3, -0.25) is 4.79 Å². The molecule has 0 aliphatic carbocycles. The molecule has 0 bridgehead atoms. The van der Waals surface area contributed by atoms with Crippen LogP contribution in [0.25, 0.3) is 11.3 Å². The number of methoxy groups -OCH3 is 1. The summed E-state index contributed by atoms with van der Waals surface area (Å²) in [6.07, 6.45) is 0.334. The van der Waals surface area contributed by atoms with Crippen molar-refractivity contribution in [1.82, 2.24) is 4.98 Å². The van der Waals surface area contributed by atoms with Gasteiger partial charge in [0.25, 0.3) is 0 Å². The van der Waals surface area contributed by atoms with Crippen LogP contribution in [0.3, 0.4) is 0 Å². The van der Waals surface area contributed by atoms with E-state index in [4.69, 9.17) is 15.2 Å². The van der Waals surface area contributed by atoms with Gasteiger partial charge in [-0.05, 0) is 12.5 Å². The molecule has 1 amide bonds. The van der Waals surface area contributed by atoms with E-state index in [1.807, 2.05) is 73.7 Å². The maximum absolute atomic E-state index is 11.6. The average Bonchev–Trinajstić information content (AvgIpc) is 2.74. The van der Waals surface area contributed by atoms with Gasteiger partial charge >= 0.3 is 5.97 Å². The van der Waals surface area contributed by atoms with Gasteiger partial charge in [-0.2, -0.15) is 0 Å². The van der Waals surface area contributed by atoms with E-state index in [0.29, 0.717) is 24.5 Å². The van der Waals surface area contributed by atoms with Crippen molar-refractivity contribution in [3.63, 3.8) is 0 Å². The second-order valence-electron chi connectivity index (χ2n) is 5.99. The molecule has 3 rings (SSSR count). The summed E-state index contributed by atoms with van der Waals surface area (Å²) in [5.74, 6) is -0.151. The SMILES string of the molecule is CCOc1cc(C(=O)OC)nc(-c2ccccc2)c1.NC(=O)Cc1ccccc1. The van der Waals surface area contributed by atoms with E-state index in [-0.39, 0.29) is 11.6 Å². The van der Waals surface area contributed by atoms with Crippen molar-refractivity contribution in [3.8, 4) is 17.0 Å². The summed E-state index contributed by atoms with van der Waals surface area (Å²) in [7, 11) is 1.33. The Bertz CT molecular complexity index is 928. The van der Waals surface area contributed by atoms with Gasteiger partial charge in [0.2, 0.25) is 5.91 Å². The zero-order valence-electron chi connectivity index (χ0n) is 16.5. The highest BCUT2D eigenvalue weighted by Crippen LogP contribution is 2.23. The number of amides is 1. The molecule has 0 spiro atoms. The maximum Gasteiger partial charge on any atom is 0.356 e. The van der Waals surface area contributed by atoms with Crippen LogP contribution in [-0.4, -0.2) is 30.6 Å². The Balaban J connectivity index is 0.000000253. The third-order valence-corrected chi connectivity index (χ3v) is 3.80. The van der Waals surface area contributed by atoms with Crippen LogP contribution in [0.15, 0.2) is 72.8 Å². The zero-order valence-corrected chi connectivity index (χ0v) is 16.5. The predicted octanol–water partition coefficient (Wildman–Crippen LogP) is 3.65. The third-order valence-electron chi connectivity index (χ3n) is 3.80. The monoisotopic (exact) mass is 392 g/mol. The van der Waals surface area contributed by atoms with Crippen molar-refractivity contribution in [1.29, 1.82) is 0 Å². The smallest absolute Gasteiger partial charge is 0.356 e. The molecule has 1 heterocycles.